The first-order valence-corrected chi connectivity index (χ1v) is 8.88. The molecular formula is C18H24N2S. The maximum Gasteiger partial charge on any atom is 0.100 e. The molecule has 2 unspecified atom stereocenters. The van der Waals surface area contributed by atoms with Crippen LogP contribution in [0.4, 0.5) is 0 Å². The highest BCUT2D eigenvalue weighted by Crippen LogP contribution is 2.38. The SMILES string of the molecule is CCCNC(C)c1cnc(C2CCCc3ccccc32)s1. The van der Waals surface area contributed by atoms with Crippen LogP contribution in [-0.4, -0.2) is 11.5 Å². The number of nitrogens with zero attached hydrogens (tertiary/aromatic N) is 1. The van der Waals surface area contributed by atoms with Crippen LogP contribution in [-0.2, 0) is 6.42 Å². The lowest BCUT2D eigenvalue weighted by Gasteiger charge is -2.23. The molecule has 0 amide bonds. The predicted molar refractivity (Wildman–Crippen MR) is 90.0 cm³/mol. The summed E-state index contributed by atoms with van der Waals surface area (Å²) in [4.78, 5) is 6.11. The van der Waals surface area contributed by atoms with Crippen LogP contribution in [0.1, 0.15) is 66.1 Å². The monoisotopic (exact) mass is 300 g/mol. The van der Waals surface area contributed by atoms with Crippen LogP contribution in [0.15, 0.2) is 30.5 Å². The Bertz CT molecular complexity index is 590. The molecule has 0 aliphatic heterocycles. The second-order valence-corrected chi connectivity index (χ2v) is 7.01. The van der Waals surface area contributed by atoms with Gasteiger partial charge in [-0.15, -0.1) is 11.3 Å². The van der Waals surface area contributed by atoms with E-state index in [0.29, 0.717) is 12.0 Å². The molecule has 1 N–H and O–H groups in total. The average Bonchev–Trinajstić information content (AvgIpc) is 3.02. The molecule has 0 fully saturated rings. The molecule has 1 aliphatic rings. The van der Waals surface area contributed by atoms with Gasteiger partial charge in [-0.3, -0.25) is 0 Å². The number of benzene rings is 1. The van der Waals surface area contributed by atoms with Gasteiger partial charge in [0.05, 0.1) is 0 Å². The normalized spacial score (nSPS) is 19.2. The van der Waals surface area contributed by atoms with Gasteiger partial charge >= 0.3 is 0 Å². The van der Waals surface area contributed by atoms with Gasteiger partial charge in [0.25, 0.3) is 0 Å². The minimum Gasteiger partial charge on any atom is -0.309 e. The zero-order valence-electron chi connectivity index (χ0n) is 12.9. The summed E-state index contributed by atoms with van der Waals surface area (Å²) in [5.74, 6) is 0.507. The van der Waals surface area contributed by atoms with E-state index >= 15 is 0 Å². The molecule has 21 heavy (non-hydrogen) atoms. The first-order valence-electron chi connectivity index (χ1n) is 8.06. The van der Waals surface area contributed by atoms with Crippen molar-refractivity contribution in [1.82, 2.24) is 10.3 Å². The van der Waals surface area contributed by atoms with E-state index < -0.39 is 0 Å². The average molecular weight is 300 g/mol. The van der Waals surface area contributed by atoms with Crippen LogP contribution in [0.3, 0.4) is 0 Å². The van der Waals surface area contributed by atoms with Gasteiger partial charge in [-0.05, 0) is 50.3 Å². The minimum atomic E-state index is 0.412. The highest BCUT2D eigenvalue weighted by Gasteiger charge is 2.24. The summed E-state index contributed by atoms with van der Waals surface area (Å²) in [7, 11) is 0. The van der Waals surface area contributed by atoms with E-state index in [1.54, 1.807) is 0 Å². The number of thiazole rings is 1. The van der Waals surface area contributed by atoms with Crippen molar-refractivity contribution in [2.45, 2.75) is 51.5 Å². The van der Waals surface area contributed by atoms with Crippen LogP contribution < -0.4 is 5.32 Å². The smallest absolute Gasteiger partial charge is 0.100 e. The molecule has 3 rings (SSSR count). The lowest BCUT2D eigenvalue weighted by atomic mass is 9.83. The van der Waals surface area contributed by atoms with E-state index in [4.69, 9.17) is 4.98 Å². The van der Waals surface area contributed by atoms with Gasteiger partial charge in [0.15, 0.2) is 0 Å². The van der Waals surface area contributed by atoms with Crippen LogP contribution >= 0.6 is 11.3 Å². The van der Waals surface area contributed by atoms with Crippen molar-refractivity contribution in [1.29, 1.82) is 0 Å². The molecule has 0 radical (unpaired) electrons. The summed E-state index contributed by atoms with van der Waals surface area (Å²) in [6.45, 7) is 5.51. The summed E-state index contributed by atoms with van der Waals surface area (Å²) in [5, 5.41) is 4.85. The van der Waals surface area contributed by atoms with Gasteiger partial charge in [0.1, 0.15) is 5.01 Å². The highest BCUT2D eigenvalue weighted by molar-refractivity contribution is 7.11. The zero-order chi connectivity index (χ0) is 14.7. The van der Waals surface area contributed by atoms with Crippen molar-refractivity contribution in [3.63, 3.8) is 0 Å². The molecule has 1 aliphatic carbocycles. The highest BCUT2D eigenvalue weighted by atomic mass is 32.1. The standard InChI is InChI=1S/C18H24N2S/c1-3-11-19-13(2)17-12-20-18(21-17)16-10-6-8-14-7-4-5-9-15(14)16/h4-5,7,9,12-13,16,19H,3,6,8,10-11H2,1-2H3. The molecule has 0 bridgehead atoms. The van der Waals surface area contributed by atoms with Crippen molar-refractivity contribution < 1.29 is 0 Å². The molecule has 112 valence electrons. The van der Waals surface area contributed by atoms with E-state index in [1.165, 1.54) is 46.7 Å². The van der Waals surface area contributed by atoms with Crippen molar-refractivity contribution in [2.24, 2.45) is 0 Å². The van der Waals surface area contributed by atoms with Gasteiger partial charge in [0.2, 0.25) is 0 Å². The molecular weight excluding hydrogens is 276 g/mol. The first-order chi connectivity index (χ1) is 10.3. The summed E-state index contributed by atoms with van der Waals surface area (Å²) in [6, 6.07) is 9.30. The van der Waals surface area contributed by atoms with Crippen LogP contribution in [0.2, 0.25) is 0 Å². The van der Waals surface area contributed by atoms with Crippen molar-refractivity contribution in [2.75, 3.05) is 6.54 Å². The summed E-state index contributed by atoms with van der Waals surface area (Å²) < 4.78 is 0. The molecule has 1 aromatic heterocycles. The maximum atomic E-state index is 4.75. The van der Waals surface area contributed by atoms with E-state index in [-0.39, 0.29) is 0 Å². The predicted octanol–water partition coefficient (Wildman–Crippen LogP) is 4.67. The third kappa shape index (κ3) is 3.19. The number of aromatic nitrogens is 1. The van der Waals surface area contributed by atoms with E-state index in [2.05, 4.69) is 49.6 Å². The molecule has 2 aromatic rings. The van der Waals surface area contributed by atoms with E-state index in [0.717, 1.165) is 6.54 Å². The molecule has 0 saturated heterocycles. The van der Waals surface area contributed by atoms with Gasteiger partial charge < -0.3 is 5.32 Å². The Labute approximate surface area is 131 Å². The Kier molecular flexibility index (Phi) is 4.71. The number of aryl methyl sites for hydroxylation is 1. The molecule has 0 saturated carbocycles. The van der Waals surface area contributed by atoms with E-state index in [1.807, 2.05) is 11.3 Å². The van der Waals surface area contributed by atoms with Crippen LogP contribution in [0, 0.1) is 0 Å². The Hall–Kier alpha value is -1.19. The lowest BCUT2D eigenvalue weighted by Crippen LogP contribution is -2.18. The maximum absolute atomic E-state index is 4.75. The number of fused-ring (bicyclic) bond motifs is 1. The Morgan fingerprint density at radius 2 is 2.24 bits per heavy atom. The Morgan fingerprint density at radius 3 is 3.10 bits per heavy atom. The molecule has 1 heterocycles. The van der Waals surface area contributed by atoms with Crippen LogP contribution in [0.25, 0.3) is 0 Å². The van der Waals surface area contributed by atoms with Gasteiger partial charge in [-0.25, -0.2) is 4.98 Å². The van der Waals surface area contributed by atoms with E-state index in [9.17, 15) is 0 Å². The zero-order valence-corrected chi connectivity index (χ0v) is 13.7. The fraction of sp³-hybridized carbons (Fsp3) is 0.500. The fourth-order valence-electron chi connectivity index (χ4n) is 3.13. The lowest BCUT2D eigenvalue weighted by molar-refractivity contribution is 0.577. The number of hydrogen-bond acceptors (Lipinski definition) is 3. The quantitative estimate of drug-likeness (QED) is 0.868. The van der Waals surface area contributed by atoms with Crippen LogP contribution in [0.5, 0.6) is 0 Å². The number of rotatable bonds is 5. The number of hydrogen-bond donors (Lipinski definition) is 1. The third-order valence-electron chi connectivity index (χ3n) is 4.34. The first kappa shape index (κ1) is 14.7. The molecule has 0 spiro atoms. The summed E-state index contributed by atoms with van der Waals surface area (Å²) in [6.07, 6.45) is 6.98. The Balaban J connectivity index is 1.81. The van der Waals surface area contributed by atoms with Gasteiger partial charge in [0, 0.05) is 23.0 Å². The molecule has 1 aromatic carbocycles. The van der Waals surface area contributed by atoms with Crippen molar-refractivity contribution in [3.05, 3.63) is 51.5 Å². The fourth-order valence-corrected chi connectivity index (χ4v) is 4.23. The van der Waals surface area contributed by atoms with Crippen molar-refractivity contribution in [3.8, 4) is 0 Å². The van der Waals surface area contributed by atoms with Gasteiger partial charge in [-0.1, -0.05) is 31.2 Å². The summed E-state index contributed by atoms with van der Waals surface area (Å²) >= 11 is 1.89. The van der Waals surface area contributed by atoms with Gasteiger partial charge in [-0.2, -0.15) is 0 Å². The topological polar surface area (TPSA) is 24.9 Å². The summed E-state index contributed by atoms with van der Waals surface area (Å²) in [5.41, 5.74) is 3.02. The third-order valence-corrected chi connectivity index (χ3v) is 5.63. The number of nitrogens with one attached hydrogen (secondary N) is 1. The molecule has 2 nitrogen and oxygen atoms in total. The largest absolute Gasteiger partial charge is 0.309 e. The second kappa shape index (κ2) is 6.71. The second-order valence-electron chi connectivity index (χ2n) is 5.92. The Morgan fingerprint density at radius 1 is 1.38 bits per heavy atom. The minimum absolute atomic E-state index is 0.412. The van der Waals surface area contributed by atoms with Crippen molar-refractivity contribution >= 4 is 11.3 Å². The molecule has 3 heteroatoms. The molecule has 2 atom stereocenters.